The van der Waals surface area contributed by atoms with Gasteiger partial charge in [-0.3, -0.25) is 0 Å². The number of hydrogen-bond acceptors (Lipinski definition) is 2. The Morgan fingerprint density at radius 1 is 1.28 bits per heavy atom. The van der Waals surface area contributed by atoms with E-state index in [2.05, 4.69) is 16.0 Å². The molecular weight excluding hydrogens is 400 g/mol. The van der Waals surface area contributed by atoms with Crippen LogP contribution in [0.25, 0.3) is 11.3 Å². The molecule has 0 N–H and O–H groups in total. The molecule has 95 valence electrons. The topological polar surface area (TPSA) is 16.1 Å². The van der Waals surface area contributed by atoms with Crippen LogP contribution in [0.3, 0.4) is 0 Å². The van der Waals surface area contributed by atoms with Crippen LogP contribution in [-0.2, 0) is 26.5 Å². The van der Waals surface area contributed by atoms with Gasteiger partial charge in [-0.2, -0.15) is 0 Å². The summed E-state index contributed by atoms with van der Waals surface area (Å²) in [4.78, 5) is 6.42. The smallest absolute Gasteiger partial charge is 0.0303 e. The van der Waals surface area contributed by atoms with Crippen molar-refractivity contribution < 1.29 is 20.1 Å². The summed E-state index contributed by atoms with van der Waals surface area (Å²) in [6.07, 6.45) is 2.31. The van der Waals surface area contributed by atoms with Crippen molar-refractivity contribution in [1.29, 1.82) is 0 Å². The fourth-order valence-corrected chi connectivity index (χ4v) is 1.63. The van der Waals surface area contributed by atoms with E-state index in [4.69, 9.17) is 6.92 Å². The van der Waals surface area contributed by atoms with Crippen LogP contribution in [0.1, 0.15) is 5.56 Å². The van der Waals surface area contributed by atoms with Crippen LogP contribution in [0.4, 0.5) is 5.69 Å². The minimum atomic E-state index is 0. The molecule has 0 amide bonds. The molecule has 0 aliphatic rings. The molecule has 0 saturated heterocycles. The molecule has 3 radical (unpaired) electrons. The predicted molar refractivity (Wildman–Crippen MR) is 70.8 cm³/mol. The standard InChI is InChI=1S/C15H15N2.Ir/c1-4-12-6-5-7-13(10-12)15-11-14(17(2)3)8-9-16-15;/h1,5-9,11H,4H2,2-3H3;/q-1;. The van der Waals surface area contributed by atoms with E-state index in [1.165, 1.54) is 0 Å². The van der Waals surface area contributed by atoms with Crippen molar-refractivity contribution in [3.63, 3.8) is 0 Å². The monoisotopic (exact) mass is 416 g/mol. The molecule has 0 bridgehead atoms. The maximum atomic E-state index is 5.62. The molecule has 0 aliphatic heterocycles. The molecule has 18 heavy (non-hydrogen) atoms. The minimum absolute atomic E-state index is 0. The van der Waals surface area contributed by atoms with E-state index in [1.807, 2.05) is 50.6 Å². The van der Waals surface area contributed by atoms with Gasteiger partial charge in [-0.1, -0.05) is 6.07 Å². The zero-order chi connectivity index (χ0) is 12.3. The van der Waals surface area contributed by atoms with Gasteiger partial charge in [0.05, 0.1) is 0 Å². The Hall–Kier alpha value is -1.18. The molecule has 3 heteroatoms. The van der Waals surface area contributed by atoms with Gasteiger partial charge >= 0.3 is 0 Å². The normalized spacial score (nSPS) is 9.72. The summed E-state index contributed by atoms with van der Waals surface area (Å²) < 4.78 is 0. The van der Waals surface area contributed by atoms with Crippen LogP contribution in [0.5, 0.6) is 0 Å². The van der Waals surface area contributed by atoms with Crippen molar-refractivity contribution in [3.8, 4) is 11.3 Å². The first-order valence-corrected chi connectivity index (χ1v) is 5.56. The first-order chi connectivity index (χ1) is 8.20. The molecule has 0 fully saturated rings. The molecule has 0 spiro atoms. The third-order valence-corrected chi connectivity index (χ3v) is 2.61. The Kier molecular flexibility index (Phi) is 5.51. The fourth-order valence-electron chi connectivity index (χ4n) is 1.63. The molecule has 0 unspecified atom stereocenters. The van der Waals surface area contributed by atoms with Crippen molar-refractivity contribution in [1.82, 2.24) is 4.98 Å². The summed E-state index contributed by atoms with van der Waals surface area (Å²) in [5.41, 5.74) is 4.03. The largest absolute Gasteiger partial charge is 0.378 e. The van der Waals surface area contributed by atoms with Crippen LogP contribution in [0, 0.1) is 13.0 Å². The van der Waals surface area contributed by atoms with E-state index in [-0.39, 0.29) is 20.1 Å². The van der Waals surface area contributed by atoms with Gasteiger partial charge in [0, 0.05) is 46.1 Å². The van der Waals surface area contributed by atoms with E-state index in [1.54, 1.807) is 0 Å². The van der Waals surface area contributed by atoms with E-state index in [0.29, 0.717) is 6.42 Å². The van der Waals surface area contributed by atoms with Crippen molar-refractivity contribution >= 4 is 5.69 Å². The number of nitrogens with zero attached hydrogens (tertiary/aromatic N) is 2. The molecule has 1 heterocycles. The second-order valence-electron chi connectivity index (χ2n) is 4.09. The molecule has 1 aromatic carbocycles. The molecule has 2 nitrogen and oxygen atoms in total. The SMILES string of the molecule is [CH]Cc1[c-]c(-c2cc(N(C)C)ccn2)ccc1.[Ir]. The first kappa shape index (κ1) is 14.9. The molecule has 0 atom stereocenters. The zero-order valence-electron chi connectivity index (χ0n) is 10.5. The molecule has 2 rings (SSSR count). The van der Waals surface area contributed by atoms with Crippen molar-refractivity contribution in [2.75, 3.05) is 19.0 Å². The van der Waals surface area contributed by atoms with Crippen molar-refractivity contribution in [3.05, 3.63) is 55.1 Å². The van der Waals surface area contributed by atoms with Crippen LogP contribution < -0.4 is 4.90 Å². The molecule has 1 aromatic heterocycles. The summed E-state index contributed by atoms with van der Waals surface area (Å²) in [5, 5.41) is 0. The van der Waals surface area contributed by atoms with Gasteiger partial charge in [-0.05, 0) is 25.1 Å². The van der Waals surface area contributed by atoms with Crippen LogP contribution >= 0.6 is 0 Å². The fraction of sp³-hybridized carbons (Fsp3) is 0.200. The summed E-state index contributed by atoms with van der Waals surface area (Å²) >= 11 is 0. The number of pyridine rings is 1. The van der Waals surface area contributed by atoms with Crippen LogP contribution in [-0.4, -0.2) is 19.1 Å². The Morgan fingerprint density at radius 3 is 2.72 bits per heavy atom. The third-order valence-electron chi connectivity index (χ3n) is 2.61. The van der Waals surface area contributed by atoms with E-state index >= 15 is 0 Å². The molecule has 0 saturated carbocycles. The molecule has 2 aromatic rings. The van der Waals surface area contributed by atoms with Crippen molar-refractivity contribution in [2.45, 2.75) is 6.42 Å². The predicted octanol–water partition coefficient (Wildman–Crippen LogP) is 2.87. The first-order valence-electron chi connectivity index (χ1n) is 5.56. The Morgan fingerprint density at radius 2 is 2.06 bits per heavy atom. The van der Waals surface area contributed by atoms with Gasteiger partial charge in [-0.15, -0.1) is 35.4 Å². The Labute approximate surface area is 122 Å². The van der Waals surface area contributed by atoms with Gasteiger partial charge in [0.15, 0.2) is 0 Å². The second kappa shape index (κ2) is 6.67. The van der Waals surface area contributed by atoms with Crippen molar-refractivity contribution in [2.24, 2.45) is 0 Å². The summed E-state index contributed by atoms with van der Waals surface area (Å²) in [6.45, 7) is 5.62. The number of anilines is 1. The Balaban J connectivity index is 0.00000162. The van der Waals surface area contributed by atoms with Gasteiger partial charge < -0.3 is 9.88 Å². The maximum absolute atomic E-state index is 5.62. The van der Waals surface area contributed by atoms with E-state index in [9.17, 15) is 0 Å². The number of aromatic nitrogens is 1. The number of rotatable bonds is 3. The van der Waals surface area contributed by atoms with Gasteiger partial charge in [-0.25, -0.2) is 0 Å². The van der Waals surface area contributed by atoms with Gasteiger partial charge in [0.25, 0.3) is 0 Å². The average molecular weight is 416 g/mol. The summed E-state index contributed by atoms with van der Waals surface area (Å²) in [5.74, 6) is 0. The number of benzene rings is 1. The molecule has 0 aliphatic carbocycles. The summed E-state index contributed by atoms with van der Waals surface area (Å²) in [6, 6.07) is 13.3. The van der Waals surface area contributed by atoms with E-state index < -0.39 is 0 Å². The zero-order valence-corrected chi connectivity index (χ0v) is 12.9. The second-order valence-corrected chi connectivity index (χ2v) is 4.09. The van der Waals surface area contributed by atoms with Gasteiger partial charge in [0.2, 0.25) is 0 Å². The third kappa shape index (κ3) is 3.41. The quantitative estimate of drug-likeness (QED) is 0.717. The average Bonchev–Trinajstić information content (AvgIpc) is 2.39. The van der Waals surface area contributed by atoms with E-state index in [0.717, 1.165) is 22.5 Å². The maximum Gasteiger partial charge on any atom is 0.0303 e. The minimum Gasteiger partial charge on any atom is -0.378 e. The van der Waals surface area contributed by atoms with Gasteiger partial charge in [0.1, 0.15) is 0 Å². The Bertz CT molecular complexity index is 509. The number of hydrogen-bond donors (Lipinski definition) is 0. The molecular formula is C15H15IrN2-. The van der Waals surface area contributed by atoms with Crippen LogP contribution in [0.2, 0.25) is 0 Å². The van der Waals surface area contributed by atoms with Crippen LogP contribution in [0.15, 0.2) is 36.5 Å². The summed E-state index contributed by atoms with van der Waals surface area (Å²) in [7, 11) is 4.03.